The summed E-state index contributed by atoms with van der Waals surface area (Å²) < 4.78 is 35.8. The molecule has 1 N–H and O–H groups in total. The number of carbonyl (C=O) groups is 3. The van der Waals surface area contributed by atoms with Gasteiger partial charge in [-0.15, -0.1) is 0 Å². The molecule has 0 unspecified atom stereocenters. The first-order valence-corrected chi connectivity index (χ1v) is 8.28. The molecule has 0 atom stereocenters. The zero-order chi connectivity index (χ0) is 19.4. The molecule has 0 aromatic heterocycles. The summed E-state index contributed by atoms with van der Waals surface area (Å²) in [6, 6.07) is 3.88. The second kappa shape index (κ2) is 8.07. The molecule has 0 aliphatic heterocycles. The van der Waals surface area contributed by atoms with E-state index in [1.165, 1.54) is 18.2 Å². The average Bonchev–Trinajstić information content (AvgIpc) is 2.54. The predicted octanol–water partition coefficient (Wildman–Crippen LogP) is 3.51. The van der Waals surface area contributed by atoms with E-state index in [1.54, 1.807) is 13.8 Å². The van der Waals surface area contributed by atoms with Crippen molar-refractivity contribution in [2.75, 3.05) is 6.61 Å². The minimum atomic E-state index is -4.16. The molecule has 0 saturated carbocycles. The Morgan fingerprint density at radius 1 is 1.24 bits per heavy atom. The molecule has 9 heteroatoms. The lowest BCUT2D eigenvalue weighted by atomic mass is 9.91. The van der Waals surface area contributed by atoms with Crippen molar-refractivity contribution in [2.45, 2.75) is 33.1 Å². The number of ether oxygens (including phenoxy) is 2. The quantitative estimate of drug-likeness (QED) is 0.373. The molecular weight excluding hydrogens is 453 g/mol. The van der Waals surface area contributed by atoms with Crippen LogP contribution in [0.1, 0.15) is 37.6 Å². The van der Waals surface area contributed by atoms with Gasteiger partial charge in [-0.2, -0.15) is 8.78 Å². The van der Waals surface area contributed by atoms with E-state index >= 15 is 0 Å². The summed E-state index contributed by atoms with van der Waals surface area (Å²) in [4.78, 5) is 34.1. The Balaban J connectivity index is 2.83. The normalized spacial score (nSPS) is 11.8. The summed E-state index contributed by atoms with van der Waals surface area (Å²) in [7, 11) is 0. The monoisotopic (exact) mass is 470 g/mol. The van der Waals surface area contributed by atoms with Crippen LogP contribution in [-0.4, -0.2) is 35.5 Å². The lowest BCUT2D eigenvalue weighted by Gasteiger charge is -2.20. The molecular formula is C16H17F2IO6. The lowest BCUT2D eigenvalue weighted by molar-refractivity contribution is -0.170. The number of hydrogen-bond donors (Lipinski definition) is 1. The minimum absolute atomic E-state index is 0.0693. The van der Waals surface area contributed by atoms with Crippen molar-refractivity contribution in [2.24, 2.45) is 5.41 Å². The van der Waals surface area contributed by atoms with Crippen molar-refractivity contribution >= 4 is 40.5 Å². The third-order valence-corrected chi connectivity index (χ3v) is 4.35. The van der Waals surface area contributed by atoms with Gasteiger partial charge in [-0.1, -0.05) is 6.92 Å². The highest BCUT2D eigenvalue weighted by Gasteiger charge is 2.40. The molecule has 0 fully saturated rings. The van der Waals surface area contributed by atoms with Gasteiger partial charge in [0.2, 0.25) is 0 Å². The van der Waals surface area contributed by atoms with Gasteiger partial charge in [-0.05, 0) is 61.1 Å². The van der Waals surface area contributed by atoms with E-state index in [1.807, 2.05) is 29.5 Å². The van der Waals surface area contributed by atoms with Gasteiger partial charge in [0.25, 0.3) is 0 Å². The van der Waals surface area contributed by atoms with Crippen LogP contribution in [0.15, 0.2) is 18.2 Å². The first-order chi connectivity index (χ1) is 11.4. The smallest absolute Gasteiger partial charge is 0.378 e. The molecule has 0 aliphatic carbocycles. The Hall–Kier alpha value is -1.78. The van der Waals surface area contributed by atoms with Crippen LogP contribution in [0.3, 0.4) is 0 Å². The van der Waals surface area contributed by atoms with Crippen LogP contribution < -0.4 is 4.74 Å². The Labute approximate surface area is 156 Å². The van der Waals surface area contributed by atoms with Crippen molar-refractivity contribution in [3.63, 3.8) is 0 Å². The molecule has 0 amide bonds. The molecule has 25 heavy (non-hydrogen) atoms. The Bertz CT molecular complexity index is 687. The number of carbonyl (C=O) groups excluding carboxylic acids is 2. The number of carboxylic acid groups (broad SMARTS) is 1. The van der Waals surface area contributed by atoms with E-state index in [2.05, 4.69) is 4.74 Å². The molecule has 0 bridgehead atoms. The molecule has 0 radical (unpaired) electrons. The second-order valence-electron chi connectivity index (χ2n) is 5.86. The van der Waals surface area contributed by atoms with Gasteiger partial charge < -0.3 is 14.6 Å². The van der Waals surface area contributed by atoms with Crippen molar-refractivity contribution in [3.8, 4) is 5.75 Å². The maximum atomic E-state index is 12.9. The van der Waals surface area contributed by atoms with E-state index in [9.17, 15) is 23.2 Å². The van der Waals surface area contributed by atoms with Gasteiger partial charge in [0.15, 0.2) is 6.61 Å². The highest BCUT2D eigenvalue weighted by Crippen LogP contribution is 2.27. The minimum Gasteiger partial charge on any atom is -0.477 e. The van der Waals surface area contributed by atoms with Crippen molar-refractivity contribution in [1.29, 1.82) is 0 Å². The number of aliphatic carboxylic acids is 1. The molecule has 1 rings (SSSR count). The first-order valence-electron chi connectivity index (χ1n) is 7.21. The SMILES string of the molecule is CCC(C)(C)C(=O)Oc1ccc(C(=O)OCC(F)(F)C(=O)O)cc1I. The third-order valence-electron chi connectivity index (χ3n) is 3.50. The number of carboxylic acids is 1. The highest BCUT2D eigenvalue weighted by atomic mass is 127. The Kier molecular flexibility index (Phi) is 6.86. The molecule has 0 saturated heterocycles. The van der Waals surface area contributed by atoms with Crippen LogP contribution >= 0.6 is 22.6 Å². The summed E-state index contributed by atoms with van der Waals surface area (Å²) in [5, 5.41) is 8.28. The summed E-state index contributed by atoms with van der Waals surface area (Å²) in [5.41, 5.74) is -0.747. The van der Waals surface area contributed by atoms with E-state index in [-0.39, 0.29) is 11.3 Å². The number of halogens is 3. The number of esters is 2. The van der Waals surface area contributed by atoms with E-state index in [0.29, 0.717) is 9.99 Å². The largest absolute Gasteiger partial charge is 0.477 e. The van der Waals surface area contributed by atoms with Crippen molar-refractivity contribution < 1.29 is 37.7 Å². The van der Waals surface area contributed by atoms with Gasteiger partial charge in [0.05, 0.1) is 14.5 Å². The van der Waals surface area contributed by atoms with E-state index < -0.39 is 35.9 Å². The van der Waals surface area contributed by atoms with Gasteiger partial charge in [0, 0.05) is 0 Å². The van der Waals surface area contributed by atoms with Crippen molar-refractivity contribution in [1.82, 2.24) is 0 Å². The van der Waals surface area contributed by atoms with Crippen LogP contribution in [0.5, 0.6) is 5.75 Å². The fourth-order valence-electron chi connectivity index (χ4n) is 1.39. The molecule has 1 aromatic rings. The third kappa shape index (κ3) is 5.62. The van der Waals surface area contributed by atoms with Crippen LogP contribution in [0.2, 0.25) is 0 Å². The van der Waals surface area contributed by atoms with Crippen LogP contribution in [0.25, 0.3) is 0 Å². The highest BCUT2D eigenvalue weighted by molar-refractivity contribution is 14.1. The Morgan fingerprint density at radius 2 is 1.84 bits per heavy atom. The molecule has 6 nitrogen and oxygen atoms in total. The maximum absolute atomic E-state index is 12.9. The molecule has 0 aliphatic rings. The standard InChI is InChI=1S/C16H17F2IO6/c1-4-15(2,3)14(23)25-11-6-5-9(7-10(11)19)12(20)24-8-16(17,18)13(21)22/h5-7H,4,8H2,1-3H3,(H,21,22). The topological polar surface area (TPSA) is 89.9 Å². The maximum Gasteiger partial charge on any atom is 0.378 e. The number of hydrogen-bond acceptors (Lipinski definition) is 5. The van der Waals surface area contributed by atoms with E-state index in [0.717, 1.165) is 0 Å². The Morgan fingerprint density at radius 3 is 2.32 bits per heavy atom. The van der Waals surface area contributed by atoms with Crippen molar-refractivity contribution in [3.05, 3.63) is 27.3 Å². The average molecular weight is 470 g/mol. The number of alkyl halides is 2. The zero-order valence-electron chi connectivity index (χ0n) is 13.8. The fourth-order valence-corrected chi connectivity index (χ4v) is 2.02. The van der Waals surface area contributed by atoms with Crippen LogP contribution in [0, 0.1) is 8.99 Å². The second-order valence-corrected chi connectivity index (χ2v) is 7.02. The summed E-state index contributed by atoms with van der Waals surface area (Å²) in [6.07, 6.45) is 0.574. The number of rotatable bonds is 7. The number of benzene rings is 1. The first kappa shape index (κ1) is 21.3. The van der Waals surface area contributed by atoms with Gasteiger partial charge >= 0.3 is 23.8 Å². The molecule has 1 aromatic carbocycles. The van der Waals surface area contributed by atoms with Gasteiger partial charge in [0.1, 0.15) is 5.75 Å². The summed E-state index contributed by atoms with van der Waals surface area (Å²) >= 11 is 1.82. The lowest BCUT2D eigenvalue weighted by Crippen LogP contribution is -2.34. The molecule has 138 valence electrons. The molecule has 0 spiro atoms. The van der Waals surface area contributed by atoms with Crippen LogP contribution in [0.4, 0.5) is 8.78 Å². The summed E-state index contributed by atoms with van der Waals surface area (Å²) in [5.74, 6) is -7.87. The fraction of sp³-hybridized carbons (Fsp3) is 0.438. The van der Waals surface area contributed by atoms with Gasteiger partial charge in [-0.25, -0.2) is 9.59 Å². The van der Waals surface area contributed by atoms with E-state index in [4.69, 9.17) is 9.84 Å². The molecule has 0 heterocycles. The predicted molar refractivity (Wildman–Crippen MR) is 91.7 cm³/mol. The summed E-state index contributed by atoms with van der Waals surface area (Å²) in [6.45, 7) is 3.74. The van der Waals surface area contributed by atoms with Crippen LogP contribution in [-0.2, 0) is 14.3 Å². The zero-order valence-corrected chi connectivity index (χ0v) is 15.9. The van der Waals surface area contributed by atoms with Gasteiger partial charge in [-0.3, -0.25) is 4.79 Å².